The van der Waals surface area contributed by atoms with Crippen molar-refractivity contribution in [2.24, 2.45) is 5.92 Å². The summed E-state index contributed by atoms with van der Waals surface area (Å²) in [5, 5.41) is 0. The van der Waals surface area contributed by atoms with Gasteiger partial charge in [0.2, 0.25) is 0 Å². The first-order chi connectivity index (χ1) is 2.94. The average molecular weight is 324 g/mol. The minimum absolute atomic E-state index is 0.440. The Morgan fingerprint density at radius 3 is 1.43 bits per heavy atom. The lowest BCUT2D eigenvalue weighted by molar-refractivity contribution is 0.644. The molecule has 44 valence electrons. The van der Waals surface area contributed by atoms with E-state index in [2.05, 4.69) is 66.0 Å². The summed E-state index contributed by atoms with van der Waals surface area (Å²) in [6.45, 7) is 6.70. The standard InChI is InChI=1S/C5H10I2/c1-4(2)5(3,6)7/h4H,1-3H3. The van der Waals surface area contributed by atoms with Crippen LogP contribution in [-0.2, 0) is 0 Å². The fraction of sp³-hybridized carbons (Fsp3) is 1.00. The van der Waals surface area contributed by atoms with Gasteiger partial charge in [-0.3, -0.25) is 0 Å². The van der Waals surface area contributed by atoms with Crippen LogP contribution in [0.4, 0.5) is 0 Å². The van der Waals surface area contributed by atoms with Gasteiger partial charge in [0.05, 0.1) is 1.43 Å². The summed E-state index contributed by atoms with van der Waals surface area (Å²) in [6.07, 6.45) is 0. The maximum Gasteiger partial charge on any atom is 0.0729 e. The summed E-state index contributed by atoms with van der Waals surface area (Å²) in [6, 6.07) is 0. The Hall–Kier alpha value is 1.46. The molecule has 0 aromatic rings. The second-order valence-electron chi connectivity index (χ2n) is 2.11. The van der Waals surface area contributed by atoms with Crippen molar-refractivity contribution in [2.75, 3.05) is 0 Å². The zero-order valence-corrected chi connectivity index (χ0v) is 9.15. The van der Waals surface area contributed by atoms with Crippen molar-refractivity contribution in [1.82, 2.24) is 0 Å². The van der Waals surface area contributed by atoms with Crippen LogP contribution >= 0.6 is 45.2 Å². The van der Waals surface area contributed by atoms with Crippen LogP contribution in [0, 0.1) is 5.92 Å². The van der Waals surface area contributed by atoms with E-state index in [-0.39, 0.29) is 0 Å². The Kier molecular flexibility index (Phi) is 3.44. The van der Waals surface area contributed by atoms with Gasteiger partial charge in [-0.05, 0) is 12.8 Å². The lowest BCUT2D eigenvalue weighted by atomic mass is 10.2. The quantitative estimate of drug-likeness (QED) is 0.513. The first-order valence-electron chi connectivity index (χ1n) is 2.32. The van der Waals surface area contributed by atoms with E-state index in [1.54, 1.807) is 0 Å². The molecule has 0 aliphatic heterocycles. The maximum atomic E-state index is 2.45. The minimum atomic E-state index is 0.440. The molecule has 0 N–H and O–H groups in total. The molecular formula is C5H10I2. The third-order valence-corrected chi connectivity index (χ3v) is 3.51. The van der Waals surface area contributed by atoms with E-state index in [4.69, 9.17) is 0 Å². The van der Waals surface area contributed by atoms with Crippen LogP contribution in [0.5, 0.6) is 0 Å². The molecule has 0 nitrogen and oxygen atoms in total. The Morgan fingerprint density at radius 2 is 1.43 bits per heavy atom. The molecule has 0 atom stereocenters. The summed E-state index contributed by atoms with van der Waals surface area (Å²) >= 11 is 4.91. The molecule has 0 amide bonds. The van der Waals surface area contributed by atoms with Gasteiger partial charge in [-0.2, -0.15) is 0 Å². The molecule has 7 heavy (non-hydrogen) atoms. The highest BCUT2D eigenvalue weighted by atomic mass is 127. The predicted molar refractivity (Wildman–Crippen MR) is 51.3 cm³/mol. The highest BCUT2D eigenvalue weighted by Crippen LogP contribution is 2.34. The first-order valence-corrected chi connectivity index (χ1v) is 4.48. The predicted octanol–water partition coefficient (Wildman–Crippen LogP) is 3.23. The molecule has 0 aliphatic rings. The van der Waals surface area contributed by atoms with Gasteiger partial charge in [0.25, 0.3) is 0 Å². The van der Waals surface area contributed by atoms with Crippen molar-refractivity contribution in [3.63, 3.8) is 0 Å². The molecule has 2 heteroatoms. The monoisotopic (exact) mass is 324 g/mol. The topological polar surface area (TPSA) is 0 Å². The van der Waals surface area contributed by atoms with Gasteiger partial charge in [0.1, 0.15) is 0 Å². The highest BCUT2D eigenvalue weighted by molar-refractivity contribution is 14.2. The van der Waals surface area contributed by atoms with Crippen LogP contribution in [0.15, 0.2) is 0 Å². The second kappa shape index (κ2) is 2.85. The van der Waals surface area contributed by atoms with E-state index < -0.39 is 0 Å². The largest absolute Gasteiger partial charge is 0.0729 e. The van der Waals surface area contributed by atoms with Crippen molar-refractivity contribution in [3.05, 3.63) is 0 Å². The van der Waals surface area contributed by atoms with E-state index in [1.807, 2.05) is 0 Å². The normalized spacial score (nSPS) is 12.9. The zero-order valence-electron chi connectivity index (χ0n) is 4.83. The minimum Gasteiger partial charge on any atom is -0.0672 e. The van der Waals surface area contributed by atoms with E-state index >= 15 is 0 Å². The number of alkyl halides is 2. The fourth-order valence-electron chi connectivity index (χ4n) is 0. The third-order valence-electron chi connectivity index (χ3n) is 1.01. The molecule has 0 aromatic carbocycles. The molecule has 0 rings (SSSR count). The maximum absolute atomic E-state index is 2.45. The van der Waals surface area contributed by atoms with E-state index in [1.165, 1.54) is 0 Å². The number of rotatable bonds is 1. The van der Waals surface area contributed by atoms with Crippen LogP contribution in [0.1, 0.15) is 20.8 Å². The van der Waals surface area contributed by atoms with Crippen LogP contribution in [0.3, 0.4) is 0 Å². The van der Waals surface area contributed by atoms with Crippen LogP contribution in [0.2, 0.25) is 0 Å². The van der Waals surface area contributed by atoms with Gasteiger partial charge >= 0.3 is 0 Å². The van der Waals surface area contributed by atoms with Crippen molar-refractivity contribution in [3.8, 4) is 0 Å². The Balaban J connectivity index is 3.54. The summed E-state index contributed by atoms with van der Waals surface area (Å²) in [7, 11) is 0. The van der Waals surface area contributed by atoms with Crippen molar-refractivity contribution >= 4 is 45.2 Å². The van der Waals surface area contributed by atoms with Crippen LogP contribution < -0.4 is 0 Å². The average Bonchev–Trinajstić information content (AvgIpc) is 1.31. The molecule has 0 bridgehead atoms. The SMILES string of the molecule is CC(C)C(C)(I)I. The van der Waals surface area contributed by atoms with E-state index in [0.717, 1.165) is 5.92 Å². The smallest absolute Gasteiger partial charge is 0.0672 e. The van der Waals surface area contributed by atoms with E-state index in [9.17, 15) is 0 Å². The molecule has 0 aliphatic carbocycles. The van der Waals surface area contributed by atoms with Crippen LogP contribution in [-0.4, -0.2) is 1.43 Å². The molecule has 0 unspecified atom stereocenters. The van der Waals surface area contributed by atoms with Gasteiger partial charge in [-0.1, -0.05) is 59.0 Å². The van der Waals surface area contributed by atoms with Gasteiger partial charge in [-0.25, -0.2) is 0 Å². The molecule has 0 saturated carbocycles. The van der Waals surface area contributed by atoms with Gasteiger partial charge in [-0.15, -0.1) is 0 Å². The van der Waals surface area contributed by atoms with Gasteiger partial charge < -0.3 is 0 Å². The Labute approximate surface area is 72.7 Å². The number of hydrogen-bond acceptors (Lipinski definition) is 0. The molecular weight excluding hydrogens is 314 g/mol. The molecule has 0 aromatic heterocycles. The third kappa shape index (κ3) is 4.00. The van der Waals surface area contributed by atoms with Crippen LogP contribution in [0.25, 0.3) is 0 Å². The zero-order chi connectivity index (χ0) is 6.08. The molecule has 0 radical (unpaired) electrons. The fourth-order valence-corrected chi connectivity index (χ4v) is 0. The number of hydrogen-bond donors (Lipinski definition) is 0. The highest BCUT2D eigenvalue weighted by Gasteiger charge is 2.18. The lowest BCUT2D eigenvalue weighted by Crippen LogP contribution is -2.12. The van der Waals surface area contributed by atoms with Gasteiger partial charge in [0, 0.05) is 0 Å². The summed E-state index contributed by atoms with van der Waals surface area (Å²) < 4.78 is 0.440. The number of halogens is 2. The Bertz CT molecular complexity index is 51.6. The molecule has 0 spiro atoms. The van der Waals surface area contributed by atoms with Crippen molar-refractivity contribution in [2.45, 2.75) is 22.2 Å². The second-order valence-corrected chi connectivity index (χ2v) is 8.66. The van der Waals surface area contributed by atoms with Crippen molar-refractivity contribution in [1.29, 1.82) is 0 Å². The summed E-state index contributed by atoms with van der Waals surface area (Å²) in [5.41, 5.74) is 0. The molecule has 0 heterocycles. The molecule has 0 fully saturated rings. The van der Waals surface area contributed by atoms with Crippen molar-refractivity contribution < 1.29 is 0 Å². The Morgan fingerprint density at radius 1 is 1.29 bits per heavy atom. The summed E-state index contributed by atoms with van der Waals surface area (Å²) in [4.78, 5) is 0. The molecule has 0 saturated heterocycles. The summed E-state index contributed by atoms with van der Waals surface area (Å²) in [5.74, 6) is 0.772. The van der Waals surface area contributed by atoms with Gasteiger partial charge in [0.15, 0.2) is 0 Å². The lowest BCUT2D eigenvalue weighted by Gasteiger charge is -2.17. The van der Waals surface area contributed by atoms with E-state index in [0.29, 0.717) is 1.43 Å². The first kappa shape index (κ1) is 8.46.